The molecule has 3 fully saturated rings. The van der Waals surface area contributed by atoms with Crippen LogP contribution in [0.15, 0.2) is 54.6 Å². The van der Waals surface area contributed by atoms with Crippen molar-refractivity contribution in [3.8, 4) is 0 Å². The molecule has 0 unspecified atom stereocenters. The molecular formula is C38H54N4O4. The number of likely N-dealkylation sites (tertiary alicyclic amines) is 1. The molecule has 2 heterocycles. The molecule has 2 aromatic carbocycles. The molecule has 8 nitrogen and oxygen atoms in total. The van der Waals surface area contributed by atoms with E-state index >= 15 is 0 Å². The van der Waals surface area contributed by atoms with Gasteiger partial charge >= 0.3 is 0 Å². The number of amides is 3. The molecule has 3 aliphatic rings. The zero-order chi connectivity index (χ0) is 32.2. The monoisotopic (exact) mass is 630 g/mol. The molecule has 46 heavy (non-hydrogen) atoms. The highest BCUT2D eigenvalue weighted by Gasteiger charge is 2.44. The fourth-order valence-electron chi connectivity index (χ4n) is 7.27. The van der Waals surface area contributed by atoms with Gasteiger partial charge in [-0.15, -0.1) is 0 Å². The second kappa shape index (κ2) is 17.1. The Morgan fingerprint density at radius 1 is 0.891 bits per heavy atom. The molecule has 0 spiro atoms. The van der Waals surface area contributed by atoms with E-state index in [2.05, 4.69) is 27.8 Å². The largest absolute Gasteiger partial charge is 0.381 e. The summed E-state index contributed by atoms with van der Waals surface area (Å²) in [7, 11) is 0. The molecule has 0 bridgehead atoms. The summed E-state index contributed by atoms with van der Waals surface area (Å²) in [5.41, 5.74) is 1.72. The lowest BCUT2D eigenvalue weighted by atomic mass is 9.93. The van der Waals surface area contributed by atoms with E-state index in [-0.39, 0.29) is 17.7 Å². The Hall–Kier alpha value is -3.23. The van der Waals surface area contributed by atoms with E-state index in [1.54, 1.807) is 0 Å². The Kier molecular flexibility index (Phi) is 12.7. The number of rotatable bonds is 14. The normalized spacial score (nSPS) is 19.8. The van der Waals surface area contributed by atoms with E-state index in [9.17, 15) is 14.4 Å². The average molecular weight is 631 g/mol. The van der Waals surface area contributed by atoms with Crippen LogP contribution in [0.2, 0.25) is 0 Å². The van der Waals surface area contributed by atoms with Crippen molar-refractivity contribution in [3.05, 3.63) is 71.3 Å². The fourth-order valence-corrected chi connectivity index (χ4v) is 7.27. The number of benzene rings is 2. The second-order valence-electron chi connectivity index (χ2n) is 13.8. The number of hydrogen-bond acceptors (Lipinski definition) is 5. The molecule has 5 rings (SSSR count). The standard InChI is InChI=1S/C38H54N4O4/c1-2-3-9-29-12-14-33(15-13-29)35(43)41-38(20-7-8-21-38)37(45)40-34(26-30-10-5-4-6-11-30)36(44)39-27-31-16-22-42(23-17-31)28-32-18-24-46-25-19-32/h4-6,10-15,31-32,34H,2-3,7-9,16-28H2,1H3,(H,39,44)(H,40,45)(H,41,43)/t34-/m1/s1. The van der Waals surface area contributed by atoms with Crippen LogP contribution in [-0.4, -0.2) is 73.6 Å². The highest BCUT2D eigenvalue weighted by molar-refractivity contribution is 6.00. The van der Waals surface area contributed by atoms with Crippen LogP contribution in [0.25, 0.3) is 0 Å². The minimum atomic E-state index is -1.02. The van der Waals surface area contributed by atoms with Crippen LogP contribution < -0.4 is 16.0 Å². The van der Waals surface area contributed by atoms with E-state index < -0.39 is 11.6 Å². The van der Waals surface area contributed by atoms with Crippen molar-refractivity contribution in [2.75, 3.05) is 39.4 Å². The minimum absolute atomic E-state index is 0.163. The van der Waals surface area contributed by atoms with E-state index in [0.29, 0.717) is 37.3 Å². The summed E-state index contributed by atoms with van der Waals surface area (Å²) in [6, 6.07) is 16.8. The SMILES string of the molecule is CCCCc1ccc(C(=O)NC2(C(=O)N[C@H](Cc3ccccc3)C(=O)NCC3CCN(CC4CCOCC4)CC3)CCCC2)cc1. The molecule has 2 saturated heterocycles. The van der Waals surface area contributed by atoms with Gasteiger partial charge in [-0.3, -0.25) is 14.4 Å². The molecule has 250 valence electrons. The summed E-state index contributed by atoms with van der Waals surface area (Å²) in [6.45, 7) is 7.82. The molecule has 3 N–H and O–H groups in total. The van der Waals surface area contributed by atoms with Crippen LogP contribution in [0.5, 0.6) is 0 Å². The Labute approximate surface area is 275 Å². The van der Waals surface area contributed by atoms with Gasteiger partial charge in [-0.05, 0) is 99.6 Å². The summed E-state index contributed by atoms with van der Waals surface area (Å²) in [5.74, 6) is 0.485. The van der Waals surface area contributed by atoms with Gasteiger partial charge in [0.2, 0.25) is 11.8 Å². The zero-order valence-corrected chi connectivity index (χ0v) is 27.7. The van der Waals surface area contributed by atoms with Crippen LogP contribution in [0.4, 0.5) is 0 Å². The van der Waals surface area contributed by atoms with Gasteiger partial charge in [-0.25, -0.2) is 0 Å². The number of unbranched alkanes of at least 4 members (excludes halogenated alkanes) is 1. The van der Waals surface area contributed by atoms with Crippen LogP contribution in [0.1, 0.15) is 92.6 Å². The third kappa shape index (κ3) is 9.64. The van der Waals surface area contributed by atoms with Gasteiger partial charge in [0.15, 0.2) is 0 Å². The Balaban J connectivity index is 1.18. The molecule has 0 radical (unpaired) electrons. The second-order valence-corrected chi connectivity index (χ2v) is 13.8. The van der Waals surface area contributed by atoms with Crippen LogP contribution in [0, 0.1) is 11.8 Å². The van der Waals surface area contributed by atoms with Crippen molar-refractivity contribution in [3.63, 3.8) is 0 Å². The molecule has 2 aliphatic heterocycles. The van der Waals surface area contributed by atoms with Crippen molar-refractivity contribution in [2.24, 2.45) is 11.8 Å². The molecule has 8 heteroatoms. The number of hydrogen-bond donors (Lipinski definition) is 3. The maximum atomic E-state index is 14.0. The first-order valence-corrected chi connectivity index (χ1v) is 17.8. The summed E-state index contributed by atoms with van der Waals surface area (Å²) in [4.78, 5) is 43.6. The van der Waals surface area contributed by atoms with E-state index in [4.69, 9.17) is 4.74 Å². The lowest BCUT2D eigenvalue weighted by Gasteiger charge is -2.35. The first kappa shape index (κ1) is 34.1. The number of nitrogens with one attached hydrogen (secondary N) is 3. The van der Waals surface area contributed by atoms with Crippen LogP contribution in [-0.2, 0) is 27.2 Å². The van der Waals surface area contributed by atoms with Gasteiger partial charge in [-0.1, -0.05) is 68.7 Å². The third-order valence-electron chi connectivity index (χ3n) is 10.3. The maximum absolute atomic E-state index is 14.0. The maximum Gasteiger partial charge on any atom is 0.252 e. The van der Waals surface area contributed by atoms with Gasteiger partial charge in [-0.2, -0.15) is 0 Å². The van der Waals surface area contributed by atoms with Crippen molar-refractivity contribution >= 4 is 17.7 Å². The van der Waals surface area contributed by atoms with Gasteiger partial charge in [0.25, 0.3) is 5.91 Å². The Morgan fingerprint density at radius 2 is 1.59 bits per heavy atom. The number of carbonyl (C=O) groups is 3. The number of ether oxygens (including phenoxy) is 1. The van der Waals surface area contributed by atoms with E-state index in [0.717, 1.165) is 102 Å². The van der Waals surface area contributed by atoms with Crippen molar-refractivity contribution < 1.29 is 19.1 Å². The highest BCUT2D eigenvalue weighted by Crippen LogP contribution is 2.31. The van der Waals surface area contributed by atoms with Crippen LogP contribution in [0.3, 0.4) is 0 Å². The quantitative estimate of drug-likeness (QED) is 0.271. The van der Waals surface area contributed by atoms with E-state index in [1.165, 1.54) is 5.56 Å². The topological polar surface area (TPSA) is 99.8 Å². The number of aryl methyl sites for hydroxylation is 1. The number of nitrogens with zero attached hydrogens (tertiary/aromatic N) is 1. The van der Waals surface area contributed by atoms with Crippen LogP contribution >= 0.6 is 0 Å². The first-order valence-electron chi connectivity index (χ1n) is 17.8. The average Bonchev–Trinajstić information content (AvgIpc) is 3.57. The minimum Gasteiger partial charge on any atom is -0.381 e. The molecule has 0 aromatic heterocycles. The zero-order valence-electron chi connectivity index (χ0n) is 27.7. The summed E-state index contributed by atoms with van der Waals surface area (Å²) in [5, 5.41) is 9.38. The predicted octanol–water partition coefficient (Wildman–Crippen LogP) is 5.05. The van der Waals surface area contributed by atoms with Crippen molar-refractivity contribution in [1.29, 1.82) is 0 Å². The molecule has 1 aliphatic carbocycles. The molecule has 1 saturated carbocycles. The highest BCUT2D eigenvalue weighted by atomic mass is 16.5. The van der Waals surface area contributed by atoms with Crippen molar-refractivity contribution in [1.82, 2.24) is 20.9 Å². The Bertz CT molecular complexity index is 1250. The molecule has 3 amide bonds. The first-order chi connectivity index (χ1) is 22.4. The smallest absolute Gasteiger partial charge is 0.252 e. The summed E-state index contributed by atoms with van der Waals surface area (Å²) in [6.07, 6.45) is 10.9. The molecular weight excluding hydrogens is 576 g/mol. The van der Waals surface area contributed by atoms with Gasteiger partial charge < -0.3 is 25.6 Å². The predicted molar refractivity (Wildman–Crippen MR) is 182 cm³/mol. The third-order valence-corrected chi connectivity index (χ3v) is 10.3. The summed E-state index contributed by atoms with van der Waals surface area (Å²) < 4.78 is 5.52. The number of carbonyl (C=O) groups excluding carboxylic acids is 3. The summed E-state index contributed by atoms with van der Waals surface area (Å²) >= 11 is 0. The van der Waals surface area contributed by atoms with Gasteiger partial charge in [0, 0.05) is 38.3 Å². The molecule has 2 aromatic rings. The van der Waals surface area contributed by atoms with Crippen molar-refractivity contribution in [2.45, 2.75) is 95.6 Å². The lowest BCUT2D eigenvalue weighted by molar-refractivity contribution is -0.132. The van der Waals surface area contributed by atoms with Gasteiger partial charge in [0.05, 0.1) is 0 Å². The fraction of sp³-hybridized carbons (Fsp3) is 0.605. The Morgan fingerprint density at radius 3 is 2.26 bits per heavy atom. The van der Waals surface area contributed by atoms with E-state index in [1.807, 2.05) is 54.6 Å². The molecule has 1 atom stereocenters. The van der Waals surface area contributed by atoms with Gasteiger partial charge in [0.1, 0.15) is 11.6 Å². The lowest BCUT2D eigenvalue weighted by Crippen LogP contribution is -2.61. The number of piperidine rings is 1.